The molecule has 0 atom stereocenters. The molecule has 3 aromatic heterocycles. The summed E-state index contributed by atoms with van der Waals surface area (Å²) in [5, 5.41) is 6.97. The van der Waals surface area contributed by atoms with E-state index in [4.69, 9.17) is 9.47 Å². The van der Waals surface area contributed by atoms with Crippen LogP contribution in [-0.2, 0) is 16.1 Å². The van der Waals surface area contributed by atoms with E-state index in [2.05, 4.69) is 10.1 Å². The highest BCUT2D eigenvalue weighted by Crippen LogP contribution is 2.28. The number of fused-ring (bicyclic) bond motifs is 1. The van der Waals surface area contributed by atoms with Gasteiger partial charge in [-0.25, -0.2) is 9.78 Å². The maximum atomic E-state index is 12.3. The van der Waals surface area contributed by atoms with Crippen molar-refractivity contribution in [3.8, 4) is 15.6 Å². The van der Waals surface area contributed by atoms with E-state index in [0.29, 0.717) is 16.4 Å². The van der Waals surface area contributed by atoms with Crippen LogP contribution in [0.2, 0.25) is 0 Å². The van der Waals surface area contributed by atoms with Crippen LogP contribution < -0.4 is 10.3 Å². The van der Waals surface area contributed by atoms with E-state index in [0.717, 1.165) is 15.4 Å². The standard InChI is InChI=1S/C19H15N3O4S2/c1-12-4-2-5-14(8-12)25-11-17(24)26-10-13-9-16(23)22-19(20-13)28-18(21-22)15-6-3-7-27-15/h2-9H,10-11H2,1H3. The van der Waals surface area contributed by atoms with Gasteiger partial charge in [-0.3, -0.25) is 4.79 Å². The Bertz CT molecular complexity index is 1180. The smallest absolute Gasteiger partial charge is 0.344 e. The number of hydrogen-bond acceptors (Lipinski definition) is 8. The minimum absolute atomic E-state index is 0.103. The van der Waals surface area contributed by atoms with E-state index in [9.17, 15) is 9.59 Å². The summed E-state index contributed by atoms with van der Waals surface area (Å²) >= 11 is 2.85. The molecule has 0 spiro atoms. The van der Waals surface area contributed by atoms with Crippen molar-refractivity contribution in [2.24, 2.45) is 0 Å². The third-order valence-corrected chi connectivity index (χ3v) is 5.70. The molecule has 0 aliphatic heterocycles. The zero-order valence-electron chi connectivity index (χ0n) is 14.8. The van der Waals surface area contributed by atoms with Crippen LogP contribution in [0.1, 0.15) is 11.3 Å². The van der Waals surface area contributed by atoms with Crippen molar-refractivity contribution in [1.82, 2.24) is 14.6 Å². The SMILES string of the molecule is Cc1cccc(OCC(=O)OCc2cc(=O)n3nc(-c4cccs4)sc3n2)c1. The van der Waals surface area contributed by atoms with E-state index >= 15 is 0 Å². The number of esters is 1. The molecule has 0 radical (unpaired) electrons. The first-order valence-corrected chi connectivity index (χ1v) is 10.1. The van der Waals surface area contributed by atoms with Crippen molar-refractivity contribution < 1.29 is 14.3 Å². The summed E-state index contributed by atoms with van der Waals surface area (Å²) in [7, 11) is 0. The molecule has 1 aromatic carbocycles. The van der Waals surface area contributed by atoms with E-state index in [1.165, 1.54) is 21.9 Å². The summed E-state index contributed by atoms with van der Waals surface area (Å²) in [6, 6.07) is 12.6. The molecule has 0 aliphatic rings. The molecule has 4 rings (SSSR count). The highest BCUT2D eigenvalue weighted by atomic mass is 32.1. The van der Waals surface area contributed by atoms with Crippen molar-refractivity contribution in [2.45, 2.75) is 13.5 Å². The second-order valence-corrected chi connectivity index (χ2v) is 7.83. The molecular weight excluding hydrogens is 398 g/mol. The molecule has 4 aromatic rings. The summed E-state index contributed by atoms with van der Waals surface area (Å²) in [5.74, 6) is 0.0626. The van der Waals surface area contributed by atoms with Crippen LogP contribution in [0.5, 0.6) is 5.75 Å². The Morgan fingerprint density at radius 3 is 2.89 bits per heavy atom. The molecule has 0 unspecified atom stereocenters. The fourth-order valence-corrected chi connectivity index (χ4v) is 4.19. The van der Waals surface area contributed by atoms with E-state index in [-0.39, 0.29) is 18.8 Å². The van der Waals surface area contributed by atoms with Gasteiger partial charge in [-0.1, -0.05) is 29.5 Å². The van der Waals surface area contributed by atoms with Crippen LogP contribution in [0.15, 0.2) is 52.6 Å². The van der Waals surface area contributed by atoms with E-state index in [1.807, 2.05) is 42.6 Å². The van der Waals surface area contributed by atoms with Gasteiger partial charge < -0.3 is 9.47 Å². The predicted molar refractivity (Wildman–Crippen MR) is 107 cm³/mol. The fraction of sp³-hybridized carbons (Fsp3) is 0.158. The van der Waals surface area contributed by atoms with Crippen LogP contribution in [0.4, 0.5) is 0 Å². The topological polar surface area (TPSA) is 82.8 Å². The lowest BCUT2D eigenvalue weighted by molar-refractivity contribution is -0.147. The number of carbonyl (C=O) groups excluding carboxylic acids is 1. The predicted octanol–water partition coefficient (Wildman–Crippen LogP) is 3.31. The minimum atomic E-state index is -0.535. The average Bonchev–Trinajstić information content (AvgIpc) is 3.34. The molecule has 0 saturated carbocycles. The molecule has 9 heteroatoms. The van der Waals surface area contributed by atoms with Crippen LogP contribution >= 0.6 is 22.7 Å². The van der Waals surface area contributed by atoms with Gasteiger partial charge in [-0.15, -0.1) is 11.3 Å². The Morgan fingerprint density at radius 2 is 2.11 bits per heavy atom. The normalized spacial score (nSPS) is 10.9. The monoisotopic (exact) mass is 413 g/mol. The van der Waals surface area contributed by atoms with Crippen LogP contribution in [0.25, 0.3) is 14.8 Å². The number of benzene rings is 1. The van der Waals surface area contributed by atoms with Crippen molar-refractivity contribution in [3.63, 3.8) is 0 Å². The van der Waals surface area contributed by atoms with Crippen LogP contribution in [0.3, 0.4) is 0 Å². The number of hydrogen-bond donors (Lipinski definition) is 0. The fourth-order valence-electron chi connectivity index (χ4n) is 2.47. The van der Waals surface area contributed by atoms with Crippen molar-refractivity contribution in [3.05, 3.63) is 69.5 Å². The molecule has 142 valence electrons. The summed E-state index contributed by atoms with van der Waals surface area (Å²) < 4.78 is 11.8. The molecular formula is C19H15N3O4S2. The number of nitrogens with zero attached hydrogens (tertiary/aromatic N) is 3. The van der Waals surface area contributed by atoms with E-state index < -0.39 is 5.97 Å². The van der Waals surface area contributed by atoms with Gasteiger partial charge in [-0.2, -0.15) is 9.61 Å². The van der Waals surface area contributed by atoms with Gasteiger partial charge in [0.2, 0.25) is 4.96 Å². The van der Waals surface area contributed by atoms with Crippen molar-refractivity contribution in [2.75, 3.05) is 6.61 Å². The third kappa shape index (κ3) is 4.10. The Labute approximate surface area is 167 Å². The van der Waals surface area contributed by atoms with Crippen molar-refractivity contribution in [1.29, 1.82) is 0 Å². The third-order valence-electron chi connectivity index (χ3n) is 3.76. The lowest BCUT2D eigenvalue weighted by Gasteiger charge is -2.07. The molecule has 0 fully saturated rings. The number of thiophene rings is 1. The quantitative estimate of drug-likeness (QED) is 0.451. The Balaban J connectivity index is 1.41. The largest absolute Gasteiger partial charge is 0.482 e. The lowest BCUT2D eigenvalue weighted by atomic mass is 10.2. The summed E-state index contributed by atoms with van der Waals surface area (Å²) in [5.41, 5.74) is 1.09. The second-order valence-electron chi connectivity index (χ2n) is 5.93. The molecule has 0 bridgehead atoms. The van der Waals surface area contributed by atoms with Gasteiger partial charge >= 0.3 is 5.97 Å². The first-order chi connectivity index (χ1) is 13.6. The highest BCUT2D eigenvalue weighted by Gasteiger charge is 2.12. The van der Waals surface area contributed by atoms with E-state index in [1.54, 1.807) is 17.4 Å². The summed E-state index contributed by atoms with van der Waals surface area (Å²) in [6.45, 7) is 1.62. The Hall–Kier alpha value is -3.04. The maximum absolute atomic E-state index is 12.3. The number of rotatable bonds is 6. The van der Waals surface area contributed by atoms with Gasteiger partial charge in [0.15, 0.2) is 11.6 Å². The lowest BCUT2D eigenvalue weighted by Crippen LogP contribution is -2.18. The van der Waals surface area contributed by atoms with Gasteiger partial charge in [0.25, 0.3) is 5.56 Å². The number of ether oxygens (including phenoxy) is 2. The van der Waals surface area contributed by atoms with Crippen LogP contribution in [0, 0.1) is 6.92 Å². The molecule has 0 amide bonds. The molecule has 7 nitrogen and oxygen atoms in total. The number of carbonyl (C=O) groups is 1. The highest BCUT2D eigenvalue weighted by molar-refractivity contribution is 7.23. The molecule has 3 heterocycles. The minimum Gasteiger partial charge on any atom is -0.482 e. The van der Waals surface area contributed by atoms with Gasteiger partial charge in [-0.05, 0) is 36.1 Å². The summed E-state index contributed by atoms with van der Waals surface area (Å²) in [6.07, 6.45) is 0. The van der Waals surface area contributed by atoms with Crippen molar-refractivity contribution >= 4 is 33.6 Å². The number of aryl methyl sites for hydroxylation is 1. The van der Waals surface area contributed by atoms with Gasteiger partial charge in [0, 0.05) is 6.07 Å². The van der Waals surface area contributed by atoms with Gasteiger partial charge in [0.05, 0.1) is 10.6 Å². The first-order valence-electron chi connectivity index (χ1n) is 8.37. The molecule has 28 heavy (non-hydrogen) atoms. The Morgan fingerprint density at radius 1 is 1.21 bits per heavy atom. The zero-order valence-corrected chi connectivity index (χ0v) is 16.5. The summed E-state index contributed by atoms with van der Waals surface area (Å²) in [4.78, 5) is 30.0. The molecule has 0 saturated heterocycles. The first kappa shape index (κ1) is 18.3. The maximum Gasteiger partial charge on any atom is 0.344 e. The Kier molecular flexibility index (Phi) is 5.18. The zero-order chi connectivity index (χ0) is 19.5. The average molecular weight is 413 g/mol. The number of aromatic nitrogens is 3. The van der Waals surface area contributed by atoms with Gasteiger partial charge in [0.1, 0.15) is 12.4 Å². The molecule has 0 N–H and O–H groups in total. The molecule has 0 aliphatic carbocycles. The van der Waals surface area contributed by atoms with Crippen LogP contribution in [-0.4, -0.2) is 27.2 Å². The second kappa shape index (κ2) is 7.91.